The predicted octanol–water partition coefficient (Wildman–Crippen LogP) is 2.95. The number of ketones is 1. The number of halogens is 2. The normalized spacial score (nSPS) is 16.4. The van der Waals surface area contributed by atoms with Gasteiger partial charge in [-0.2, -0.15) is 0 Å². The van der Waals surface area contributed by atoms with Crippen molar-refractivity contribution in [2.24, 2.45) is 5.92 Å². The van der Waals surface area contributed by atoms with E-state index in [1.165, 1.54) is 0 Å². The first-order valence-electron chi connectivity index (χ1n) is 4.68. The van der Waals surface area contributed by atoms with E-state index in [9.17, 15) is 13.6 Å². The minimum Gasteiger partial charge on any atom is -0.294 e. The molecular weight excluding hydrogens is 186 g/mol. The van der Waals surface area contributed by atoms with Crippen molar-refractivity contribution in [3.63, 3.8) is 0 Å². The maximum atomic E-state index is 13.2. The van der Waals surface area contributed by atoms with Crippen molar-refractivity contribution in [1.29, 1.82) is 0 Å². The standard InChI is InChI=1S/C11H10F2O/c12-8-4-5-10(13)9(6-8)11(14)7-2-1-3-7/h4-7H,1-3H2. The zero-order valence-corrected chi connectivity index (χ0v) is 7.59. The highest BCUT2D eigenvalue weighted by atomic mass is 19.1. The third-order valence-corrected chi connectivity index (χ3v) is 2.67. The molecule has 1 aliphatic rings. The second-order valence-electron chi connectivity index (χ2n) is 3.62. The van der Waals surface area contributed by atoms with Gasteiger partial charge in [0.25, 0.3) is 0 Å². The summed E-state index contributed by atoms with van der Waals surface area (Å²) in [7, 11) is 0. The summed E-state index contributed by atoms with van der Waals surface area (Å²) in [5.41, 5.74) is -0.102. The number of hydrogen-bond donors (Lipinski definition) is 0. The Morgan fingerprint density at radius 2 is 2.00 bits per heavy atom. The van der Waals surface area contributed by atoms with Crippen LogP contribution in [0.5, 0.6) is 0 Å². The SMILES string of the molecule is O=C(c1cc(F)ccc1F)C1CCC1. The van der Waals surface area contributed by atoms with Gasteiger partial charge in [0.1, 0.15) is 11.6 Å². The van der Waals surface area contributed by atoms with E-state index in [4.69, 9.17) is 0 Å². The van der Waals surface area contributed by atoms with Gasteiger partial charge in [0.15, 0.2) is 5.78 Å². The molecular formula is C11H10F2O. The van der Waals surface area contributed by atoms with E-state index in [0.29, 0.717) is 0 Å². The van der Waals surface area contributed by atoms with Gasteiger partial charge >= 0.3 is 0 Å². The molecule has 0 radical (unpaired) electrons. The lowest BCUT2D eigenvalue weighted by Gasteiger charge is -2.23. The van der Waals surface area contributed by atoms with Crippen LogP contribution in [0.4, 0.5) is 8.78 Å². The molecule has 0 unspecified atom stereocenters. The van der Waals surface area contributed by atoms with Crippen molar-refractivity contribution in [2.75, 3.05) is 0 Å². The maximum Gasteiger partial charge on any atom is 0.168 e. The summed E-state index contributed by atoms with van der Waals surface area (Å²) in [5.74, 6) is -1.53. The largest absolute Gasteiger partial charge is 0.294 e. The number of hydrogen-bond acceptors (Lipinski definition) is 1. The van der Waals surface area contributed by atoms with Gasteiger partial charge in [-0.15, -0.1) is 0 Å². The molecule has 1 aromatic carbocycles. The molecule has 0 aromatic heterocycles. The molecule has 1 aliphatic carbocycles. The molecule has 3 heteroatoms. The number of benzene rings is 1. The molecule has 0 amide bonds. The number of carbonyl (C=O) groups excluding carboxylic acids is 1. The molecule has 1 aromatic rings. The fraction of sp³-hybridized carbons (Fsp3) is 0.364. The molecule has 74 valence electrons. The third kappa shape index (κ3) is 1.54. The Bertz CT molecular complexity index is 370. The summed E-state index contributed by atoms with van der Waals surface area (Å²) >= 11 is 0. The molecule has 0 spiro atoms. The van der Waals surface area contributed by atoms with Crippen molar-refractivity contribution in [2.45, 2.75) is 19.3 Å². The Labute approximate surface area is 80.7 Å². The molecule has 1 nitrogen and oxygen atoms in total. The van der Waals surface area contributed by atoms with Crippen molar-refractivity contribution >= 4 is 5.78 Å². The molecule has 0 heterocycles. The molecule has 1 saturated carbocycles. The molecule has 1 fully saturated rings. The van der Waals surface area contributed by atoms with Gasteiger partial charge in [-0.1, -0.05) is 6.42 Å². The topological polar surface area (TPSA) is 17.1 Å². The smallest absolute Gasteiger partial charge is 0.168 e. The summed E-state index contributed by atoms with van der Waals surface area (Å²) in [4.78, 5) is 11.6. The molecule has 0 bridgehead atoms. The van der Waals surface area contributed by atoms with Gasteiger partial charge in [-0.05, 0) is 31.0 Å². The summed E-state index contributed by atoms with van der Waals surface area (Å²) < 4.78 is 25.9. The Hall–Kier alpha value is -1.25. The molecule has 0 aliphatic heterocycles. The lowest BCUT2D eigenvalue weighted by atomic mass is 9.80. The minimum atomic E-state index is -0.622. The minimum absolute atomic E-state index is 0.0914. The Morgan fingerprint density at radius 3 is 2.57 bits per heavy atom. The van der Waals surface area contributed by atoms with Gasteiger partial charge in [0.05, 0.1) is 5.56 Å². The number of rotatable bonds is 2. The predicted molar refractivity (Wildman–Crippen MR) is 48.0 cm³/mol. The molecule has 0 N–H and O–H groups in total. The zero-order chi connectivity index (χ0) is 10.1. The van der Waals surface area contributed by atoms with E-state index in [1.807, 2.05) is 0 Å². The van der Waals surface area contributed by atoms with Crippen LogP contribution in [0.25, 0.3) is 0 Å². The summed E-state index contributed by atoms with van der Waals surface area (Å²) in [6.45, 7) is 0. The third-order valence-electron chi connectivity index (χ3n) is 2.67. The first-order valence-corrected chi connectivity index (χ1v) is 4.68. The van der Waals surface area contributed by atoms with Gasteiger partial charge in [0.2, 0.25) is 0 Å². The van der Waals surface area contributed by atoms with Crippen LogP contribution in [0.15, 0.2) is 18.2 Å². The van der Waals surface area contributed by atoms with Crippen LogP contribution in [-0.4, -0.2) is 5.78 Å². The quantitative estimate of drug-likeness (QED) is 0.664. The van der Waals surface area contributed by atoms with E-state index < -0.39 is 11.6 Å². The highest BCUT2D eigenvalue weighted by Gasteiger charge is 2.28. The van der Waals surface area contributed by atoms with E-state index in [0.717, 1.165) is 37.5 Å². The first kappa shape index (κ1) is 9.31. The van der Waals surface area contributed by atoms with Crippen molar-refractivity contribution in [1.82, 2.24) is 0 Å². The van der Waals surface area contributed by atoms with Gasteiger partial charge in [0, 0.05) is 5.92 Å². The van der Waals surface area contributed by atoms with Crippen LogP contribution in [-0.2, 0) is 0 Å². The van der Waals surface area contributed by atoms with Crippen LogP contribution in [0.2, 0.25) is 0 Å². The molecule has 2 rings (SSSR count). The van der Waals surface area contributed by atoms with Crippen LogP contribution in [0, 0.1) is 17.6 Å². The van der Waals surface area contributed by atoms with Crippen LogP contribution < -0.4 is 0 Å². The fourth-order valence-electron chi connectivity index (χ4n) is 1.58. The van der Waals surface area contributed by atoms with Crippen LogP contribution >= 0.6 is 0 Å². The monoisotopic (exact) mass is 196 g/mol. The second-order valence-corrected chi connectivity index (χ2v) is 3.62. The van der Waals surface area contributed by atoms with Crippen molar-refractivity contribution in [3.05, 3.63) is 35.4 Å². The Balaban J connectivity index is 2.29. The van der Waals surface area contributed by atoms with Crippen molar-refractivity contribution < 1.29 is 13.6 Å². The van der Waals surface area contributed by atoms with Gasteiger partial charge < -0.3 is 0 Å². The van der Waals surface area contributed by atoms with Gasteiger partial charge in [-0.3, -0.25) is 4.79 Å². The van der Waals surface area contributed by atoms with Crippen LogP contribution in [0.1, 0.15) is 29.6 Å². The van der Waals surface area contributed by atoms with Crippen molar-refractivity contribution in [3.8, 4) is 0 Å². The number of Topliss-reactive ketones (excluding diaryl/α,β-unsaturated/α-hetero) is 1. The van der Waals surface area contributed by atoms with Crippen LogP contribution in [0.3, 0.4) is 0 Å². The second kappa shape index (κ2) is 3.48. The average molecular weight is 196 g/mol. The Kier molecular flexibility index (Phi) is 2.32. The van der Waals surface area contributed by atoms with E-state index in [2.05, 4.69) is 0 Å². The first-order chi connectivity index (χ1) is 6.68. The highest BCUT2D eigenvalue weighted by molar-refractivity contribution is 5.98. The van der Waals surface area contributed by atoms with E-state index in [-0.39, 0.29) is 17.3 Å². The summed E-state index contributed by atoms with van der Waals surface area (Å²) in [5, 5.41) is 0. The zero-order valence-electron chi connectivity index (χ0n) is 7.59. The number of carbonyl (C=O) groups is 1. The summed E-state index contributed by atoms with van der Waals surface area (Å²) in [6.07, 6.45) is 2.61. The van der Waals surface area contributed by atoms with E-state index in [1.54, 1.807) is 0 Å². The van der Waals surface area contributed by atoms with Gasteiger partial charge in [-0.25, -0.2) is 8.78 Å². The lowest BCUT2D eigenvalue weighted by molar-refractivity contribution is 0.0850. The highest BCUT2D eigenvalue weighted by Crippen LogP contribution is 2.30. The molecule has 0 atom stereocenters. The fourth-order valence-corrected chi connectivity index (χ4v) is 1.58. The Morgan fingerprint density at radius 1 is 1.29 bits per heavy atom. The van der Waals surface area contributed by atoms with E-state index >= 15 is 0 Å². The molecule has 14 heavy (non-hydrogen) atoms. The molecule has 0 saturated heterocycles. The average Bonchev–Trinajstić information content (AvgIpc) is 2.06. The maximum absolute atomic E-state index is 13.2. The lowest BCUT2D eigenvalue weighted by Crippen LogP contribution is -2.22. The summed E-state index contributed by atoms with van der Waals surface area (Å²) in [6, 6.07) is 3.00.